The second-order valence-electron chi connectivity index (χ2n) is 16.4. The molecule has 5 nitrogen and oxygen atoms in total. The van der Waals surface area contributed by atoms with E-state index in [1.807, 2.05) is 0 Å². The Morgan fingerprint density at radius 2 is 1.61 bits per heavy atom. The summed E-state index contributed by atoms with van der Waals surface area (Å²) in [7, 11) is 1.62. The Morgan fingerprint density at radius 1 is 0.816 bits per heavy atom. The van der Waals surface area contributed by atoms with Crippen molar-refractivity contribution in [3.63, 3.8) is 0 Å². The Bertz CT molecular complexity index is 1040. The van der Waals surface area contributed by atoms with Gasteiger partial charge in [0.15, 0.2) is 0 Å². The fourth-order valence-electron chi connectivity index (χ4n) is 13.3. The summed E-state index contributed by atoms with van der Waals surface area (Å²) >= 11 is 0. The van der Waals surface area contributed by atoms with Gasteiger partial charge in [0.2, 0.25) is 0 Å². The van der Waals surface area contributed by atoms with Crippen molar-refractivity contribution in [3.8, 4) is 0 Å². The van der Waals surface area contributed by atoms with Crippen molar-refractivity contribution in [2.24, 2.45) is 66.9 Å². The van der Waals surface area contributed by atoms with Gasteiger partial charge in [-0.15, -0.1) is 0 Å². The second-order valence-corrected chi connectivity index (χ2v) is 16.4. The highest BCUT2D eigenvalue weighted by molar-refractivity contribution is 5.78. The topological polar surface area (TPSA) is 63.5 Å². The Kier molecular flexibility index (Phi) is 5.51. The Labute approximate surface area is 230 Å². The number of fused-ring (bicyclic) bond motifs is 7. The maximum atomic E-state index is 13.8. The van der Waals surface area contributed by atoms with Crippen LogP contribution in [0.25, 0.3) is 0 Å². The smallest absolute Gasteiger partial charge is 0.312 e. The van der Waals surface area contributed by atoms with E-state index in [1.165, 1.54) is 51.4 Å². The summed E-state index contributed by atoms with van der Waals surface area (Å²) < 4.78 is 11.6. The van der Waals surface area contributed by atoms with Gasteiger partial charge in [-0.3, -0.25) is 4.79 Å². The molecular formula is C33H52N2O3. The molecule has 0 aromatic carbocycles. The van der Waals surface area contributed by atoms with E-state index in [0.717, 1.165) is 50.7 Å². The van der Waals surface area contributed by atoms with Gasteiger partial charge in [0, 0.05) is 0 Å². The first-order chi connectivity index (χ1) is 18.0. The van der Waals surface area contributed by atoms with Gasteiger partial charge in [-0.1, -0.05) is 41.0 Å². The quantitative estimate of drug-likeness (QED) is 0.282. The lowest BCUT2D eigenvalue weighted by atomic mass is 9.32. The molecule has 0 aromatic heterocycles. The highest BCUT2D eigenvalue weighted by atomic mass is 16.6. The van der Waals surface area contributed by atoms with Gasteiger partial charge in [0.1, 0.15) is 11.6 Å². The Balaban J connectivity index is 1.31. The minimum atomic E-state index is -0.347. The normalized spacial score (nSPS) is 56.4. The molecule has 0 amide bonds. The number of epoxide rings is 1. The van der Waals surface area contributed by atoms with Gasteiger partial charge >= 0.3 is 5.97 Å². The third-order valence-electron chi connectivity index (χ3n) is 15.2. The van der Waals surface area contributed by atoms with E-state index >= 15 is 0 Å². The zero-order valence-electron chi connectivity index (χ0n) is 25.0. The molecule has 38 heavy (non-hydrogen) atoms. The maximum Gasteiger partial charge on any atom is 0.312 e. The molecule has 0 unspecified atom stereocenters. The van der Waals surface area contributed by atoms with Gasteiger partial charge in [0.05, 0.1) is 25.7 Å². The Morgan fingerprint density at radius 3 is 2.29 bits per heavy atom. The van der Waals surface area contributed by atoms with Crippen LogP contribution in [0.2, 0.25) is 0 Å². The second kappa shape index (κ2) is 8.07. The van der Waals surface area contributed by atoms with Crippen molar-refractivity contribution in [2.45, 2.75) is 123 Å². The van der Waals surface area contributed by atoms with E-state index in [0.29, 0.717) is 34.0 Å². The third kappa shape index (κ3) is 3.01. The summed E-state index contributed by atoms with van der Waals surface area (Å²) in [5.74, 6) is 2.95. The van der Waals surface area contributed by atoms with E-state index in [9.17, 15) is 4.79 Å². The van der Waals surface area contributed by atoms with Crippen LogP contribution < -0.4 is 0 Å². The van der Waals surface area contributed by atoms with Gasteiger partial charge in [-0.25, -0.2) is 0 Å². The molecular weight excluding hydrogens is 472 g/mol. The van der Waals surface area contributed by atoms with Gasteiger partial charge < -0.3 is 9.47 Å². The number of ether oxygens (including phenoxy) is 2. The molecule has 0 bridgehead atoms. The zero-order valence-corrected chi connectivity index (χ0v) is 25.0. The predicted molar refractivity (Wildman–Crippen MR) is 148 cm³/mol. The van der Waals surface area contributed by atoms with E-state index in [1.54, 1.807) is 7.11 Å². The van der Waals surface area contributed by atoms with Gasteiger partial charge in [-0.2, -0.15) is 10.2 Å². The monoisotopic (exact) mass is 524 g/mol. The minimum absolute atomic E-state index is 0.0610. The molecule has 11 atom stereocenters. The number of methoxy groups -OCH3 is 1. The minimum Gasteiger partial charge on any atom is -0.469 e. The molecule has 7 rings (SSSR count). The van der Waals surface area contributed by atoms with Crippen LogP contribution in [0.1, 0.15) is 112 Å². The van der Waals surface area contributed by atoms with Crippen molar-refractivity contribution in [1.29, 1.82) is 0 Å². The molecule has 2 aliphatic heterocycles. The van der Waals surface area contributed by atoms with Crippen LogP contribution >= 0.6 is 0 Å². The molecule has 5 saturated carbocycles. The van der Waals surface area contributed by atoms with Crippen molar-refractivity contribution < 1.29 is 14.3 Å². The average Bonchev–Trinajstić information content (AvgIpc) is 3.48. The van der Waals surface area contributed by atoms with Crippen LogP contribution in [-0.2, 0) is 14.3 Å². The first-order valence-electron chi connectivity index (χ1n) is 16.1. The van der Waals surface area contributed by atoms with E-state index in [2.05, 4.69) is 39.7 Å². The highest BCUT2D eigenvalue weighted by Gasteiger charge is 2.74. The predicted octanol–water partition coefficient (Wildman–Crippen LogP) is 7.62. The summed E-state index contributed by atoms with van der Waals surface area (Å²) in [6.45, 7) is 14.8. The molecule has 0 radical (unpaired) electrons. The van der Waals surface area contributed by atoms with Crippen LogP contribution in [0.15, 0.2) is 10.2 Å². The molecule has 0 spiro atoms. The first kappa shape index (κ1) is 26.0. The number of hydrogen-bond acceptors (Lipinski definition) is 5. The van der Waals surface area contributed by atoms with Crippen LogP contribution in [-0.4, -0.2) is 37.9 Å². The first-order valence-corrected chi connectivity index (χ1v) is 16.1. The molecule has 1 saturated heterocycles. The Hall–Kier alpha value is -0.970. The van der Waals surface area contributed by atoms with Crippen molar-refractivity contribution in [1.82, 2.24) is 0 Å². The lowest BCUT2D eigenvalue weighted by molar-refractivity contribution is -0.240. The number of azo groups is 1. The van der Waals surface area contributed by atoms with E-state index in [-0.39, 0.29) is 28.4 Å². The van der Waals surface area contributed by atoms with Crippen LogP contribution in [0, 0.1) is 56.7 Å². The summed E-state index contributed by atoms with van der Waals surface area (Å²) in [4.78, 5) is 13.8. The van der Waals surface area contributed by atoms with Crippen molar-refractivity contribution in [3.05, 3.63) is 0 Å². The SMILES string of the molecule is COC(=O)[C@]12CC[C@@H]([C@]3([C@H]4CO4)CCN=N3)[C@@H]1[C@H]1CC[C@@H]3[C@@]4(C)CCCC(C)(C)[C@@H]4CC[C@@]3(C)[C@]1(C)CC2. The lowest BCUT2D eigenvalue weighted by Gasteiger charge is -2.72. The fraction of sp³-hybridized carbons (Fsp3) is 0.970. The largest absolute Gasteiger partial charge is 0.469 e. The standard InChI is InChI=1S/C33H52N2O3/c1-28(2)12-7-13-29(3)23(28)11-14-31(5)24(29)9-8-21-26-22(33(25-20-38-25)18-19-34-35-33)10-15-32(26,27(36)37-6)17-16-30(21,31)4/h21-26H,7-20H2,1-6H3/t21-,22-,23+,24-,25-,26+,29+,30-,31-,32+,33+/m1/s1. The number of carbonyl (C=O) groups is 1. The number of hydrogen-bond donors (Lipinski definition) is 0. The van der Waals surface area contributed by atoms with Gasteiger partial charge in [0.25, 0.3) is 0 Å². The number of nitrogens with zero attached hydrogens (tertiary/aromatic N) is 2. The summed E-state index contributed by atoms with van der Waals surface area (Å²) in [6, 6.07) is 0. The van der Waals surface area contributed by atoms with Crippen molar-refractivity contribution in [2.75, 3.05) is 20.3 Å². The molecule has 212 valence electrons. The molecule has 0 N–H and O–H groups in total. The molecule has 6 fully saturated rings. The fourth-order valence-corrected chi connectivity index (χ4v) is 13.3. The summed E-state index contributed by atoms with van der Waals surface area (Å²) in [6.07, 6.45) is 14.9. The number of carbonyl (C=O) groups excluding carboxylic acids is 1. The van der Waals surface area contributed by atoms with Crippen LogP contribution in [0.5, 0.6) is 0 Å². The van der Waals surface area contributed by atoms with Crippen LogP contribution in [0.3, 0.4) is 0 Å². The summed E-state index contributed by atoms with van der Waals surface area (Å²) in [5.41, 5.74) is 0.910. The van der Waals surface area contributed by atoms with Gasteiger partial charge in [-0.05, 0) is 122 Å². The van der Waals surface area contributed by atoms with Crippen molar-refractivity contribution >= 4 is 5.97 Å². The molecule has 0 aromatic rings. The number of esters is 1. The van der Waals surface area contributed by atoms with Crippen LogP contribution in [0.4, 0.5) is 0 Å². The molecule has 2 heterocycles. The molecule has 7 aliphatic rings. The molecule has 5 heteroatoms. The third-order valence-corrected chi connectivity index (χ3v) is 15.2. The summed E-state index contributed by atoms with van der Waals surface area (Å²) in [5, 5.41) is 9.57. The number of rotatable bonds is 3. The van der Waals surface area contributed by atoms with E-state index < -0.39 is 0 Å². The van der Waals surface area contributed by atoms with E-state index in [4.69, 9.17) is 14.6 Å². The molecule has 5 aliphatic carbocycles. The highest BCUT2D eigenvalue weighted by Crippen LogP contribution is 2.78. The zero-order chi connectivity index (χ0) is 26.8. The maximum absolute atomic E-state index is 13.8. The lowest BCUT2D eigenvalue weighted by Crippen LogP contribution is -2.66. The average molecular weight is 525 g/mol.